The highest BCUT2D eigenvalue weighted by molar-refractivity contribution is 5.24. The number of allylic oxidation sites excluding steroid dienone is 5. The minimum Gasteiger partial charge on any atom is -0.0995 e. The van der Waals surface area contributed by atoms with E-state index in [9.17, 15) is 0 Å². The van der Waals surface area contributed by atoms with Crippen molar-refractivity contribution in [3.05, 3.63) is 36.0 Å². The lowest BCUT2D eigenvalue weighted by Crippen LogP contribution is -2.49. The average molecular weight is 423 g/mol. The molecule has 0 amide bonds. The van der Waals surface area contributed by atoms with Crippen molar-refractivity contribution in [2.24, 2.45) is 51.8 Å². The van der Waals surface area contributed by atoms with Crippen molar-refractivity contribution < 1.29 is 0 Å². The molecule has 4 aliphatic carbocycles. The van der Waals surface area contributed by atoms with E-state index < -0.39 is 0 Å². The molecule has 0 bridgehead atoms. The zero-order chi connectivity index (χ0) is 22.6. The fraction of sp³-hybridized carbons (Fsp3) is 0.806. The molecule has 0 aliphatic heterocycles. The molecule has 0 heterocycles. The van der Waals surface area contributed by atoms with Crippen molar-refractivity contribution >= 4 is 0 Å². The van der Waals surface area contributed by atoms with Crippen LogP contribution in [-0.4, -0.2) is 0 Å². The summed E-state index contributed by atoms with van der Waals surface area (Å²) in [7, 11) is 0. The summed E-state index contributed by atoms with van der Waals surface area (Å²) in [5.74, 6) is 4.86. The third-order valence-corrected chi connectivity index (χ3v) is 10.8. The summed E-state index contributed by atoms with van der Waals surface area (Å²) >= 11 is 0. The van der Waals surface area contributed by atoms with Gasteiger partial charge in [-0.1, -0.05) is 83.9 Å². The summed E-state index contributed by atoms with van der Waals surface area (Å²) in [6.45, 7) is 21.4. The van der Waals surface area contributed by atoms with Gasteiger partial charge in [0.25, 0.3) is 0 Å². The highest BCUT2D eigenvalue weighted by atomic mass is 14.6. The van der Waals surface area contributed by atoms with E-state index >= 15 is 0 Å². The fourth-order valence-corrected chi connectivity index (χ4v) is 9.22. The highest BCUT2D eigenvalue weighted by Crippen LogP contribution is 2.67. The standard InChI is InChI=1S/C31H50/c1-21(2)25(29(4,5)6)15-12-22(3)26-16-17-27-24-14-13-23-11-9-10-19-30(23,7)28(24)18-20-31(26,27)8/h12-13,15,22,24-28H,1,9-11,14,16-20H2,2-8H3/t22-,24+,25+,26-,27+,28+,30+,31-/m1/s1. The van der Waals surface area contributed by atoms with Crippen LogP contribution in [0.3, 0.4) is 0 Å². The molecule has 0 heteroatoms. The van der Waals surface area contributed by atoms with Crippen LogP contribution in [-0.2, 0) is 0 Å². The third kappa shape index (κ3) is 3.93. The van der Waals surface area contributed by atoms with Gasteiger partial charge < -0.3 is 0 Å². The predicted molar refractivity (Wildman–Crippen MR) is 136 cm³/mol. The van der Waals surface area contributed by atoms with Gasteiger partial charge in [-0.2, -0.15) is 0 Å². The normalized spacial score (nSPS) is 42.4. The van der Waals surface area contributed by atoms with Gasteiger partial charge in [0, 0.05) is 5.92 Å². The van der Waals surface area contributed by atoms with E-state index in [1.807, 2.05) is 5.57 Å². The molecule has 4 aliphatic rings. The van der Waals surface area contributed by atoms with Crippen molar-refractivity contribution in [2.45, 2.75) is 106 Å². The van der Waals surface area contributed by atoms with Gasteiger partial charge in [0.05, 0.1) is 0 Å². The van der Waals surface area contributed by atoms with Crippen molar-refractivity contribution in [3.8, 4) is 0 Å². The van der Waals surface area contributed by atoms with Gasteiger partial charge in [0.1, 0.15) is 0 Å². The first-order chi connectivity index (χ1) is 14.5. The molecule has 0 aromatic heterocycles. The molecule has 174 valence electrons. The van der Waals surface area contributed by atoms with Crippen molar-refractivity contribution in [2.75, 3.05) is 0 Å². The minimum atomic E-state index is 0.254. The largest absolute Gasteiger partial charge is 0.0995 e. The molecule has 8 atom stereocenters. The molecule has 0 N–H and O–H groups in total. The van der Waals surface area contributed by atoms with Crippen molar-refractivity contribution in [1.82, 2.24) is 0 Å². The van der Waals surface area contributed by atoms with E-state index in [4.69, 9.17) is 0 Å². The summed E-state index contributed by atoms with van der Waals surface area (Å²) in [5.41, 5.74) is 4.49. The van der Waals surface area contributed by atoms with E-state index in [1.165, 1.54) is 63.4 Å². The molecule has 0 aromatic carbocycles. The zero-order valence-corrected chi connectivity index (χ0v) is 21.8. The maximum absolute atomic E-state index is 4.30. The Kier molecular flexibility index (Phi) is 6.20. The zero-order valence-electron chi connectivity index (χ0n) is 21.8. The highest BCUT2D eigenvalue weighted by Gasteiger charge is 2.58. The van der Waals surface area contributed by atoms with Crippen LogP contribution in [0.1, 0.15) is 106 Å². The van der Waals surface area contributed by atoms with E-state index in [2.05, 4.69) is 73.3 Å². The summed E-state index contributed by atoms with van der Waals surface area (Å²) in [6, 6.07) is 0. The molecule has 4 rings (SSSR count). The van der Waals surface area contributed by atoms with E-state index in [0.717, 1.165) is 23.7 Å². The van der Waals surface area contributed by atoms with E-state index in [0.29, 0.717) is 22.7 Å². The monoisotopic (exact) mass is 422 g/mol. The molecule has 0 spiro atoms. The molecular formula is C31H50. The molecule has 0 radical (unpaired) electrons. The summed E-state index contributed by atoms with van der Waals surface area (Å²) in [4.78, 5) is 0. The lowest BCUT2D eigenvalue weighted by Gasteiger charge is -2.58. The fourth-order valence-electron chi connectivity index (χ4n) is 9.22. The molecule has 3 saturated carbocycles. The smallest absolute Gasteiger partial charge is 0.00200 e. The van der Waals surface area contributed by atoms with E-state index in [-0.39, 0.29) is 5.41 Å². The Hall–Kier alpha value is -0.780. The van der Waals surface area contributed by atoms with Gasteiger partial charge in [-0.05, 0) is 104 Å². The Balaban J connectivity index is 1.53. The summed E-state index contributed by atoms with van der Waals surface area (Å²) in [5, 5.41) is 0. The molecule has 31 heavy (non-hydrogen) atoms. The maximum atomic E-state index is 4.30. The van der Waals surface area contributed by atoms with Gasteiger partial charge in [-0.3, -0.25) is 0 Å². The maximum Gasteiger partial charge on any atom is 0.00200 e. The van der Waals surface area contributed by atoms with Gasteiger partial charge in [0.2, 0.25) is 0 Å². The Morgan fingerprint density at radius 1 is 1.06 bits per heavy atom. The lowest BCUT2D eigenvalue weighted by molar-refractivity contribution is -0.0462. The van der Waals surface area contributed by atoms with Gasteiger partial charge in [-0.15, -0.1) is 0 Å². The molecular weight excluding hydrogens is 372 g/mol. The minimum absolute atomic E-state index is 0.254. The third-order valence-electron chi connectivity index (χ3n) is 10.8. The second-order valence-corrected chi connectivity index (χ2v) is 13.6. The first-order valence-electron chi connectivity index (χ1n) is 13.5. The Labute approximate surface area is 194 Å². The molecule has 0 unspecified atom stereocenters. The molecule has 0 nitrogen and oxygen atoms in total. The molecule has 0 saturated heterocycles. The SMILES string of the molecule is C=C(C)[C@H](C=C[C@@H](C)[C@H]1CC[C@H]2[C@@H]3CC=C4CCCC[C@]4(C)[C@H]3CC[C@]12C)C(C)(C)C. The number of hydrogen-bond donors (Lipinski definition) is 0. The predicted octanol–water partition coefficient (Wildman–Crippen LogP) is 9.39. The first-order valence-corrected chi connectivity index (χ1v) is 13.5. The Morgan fingerprint density at radius 2 is 1.81 bits per heavy atom. The first kappa shape index (κ1) is 23.4. The second kappa shape index (κ2) is 8.22. The van der Waals surface area contributed by atoms with Gasteiger partial charge in [-0.25, -0.2) is 0 Å². The van der Waals surface area contributed by atoms with Crippen LogP contribution in [0.25, 0.3) is 0 Å². The topological polar surface area (TPSA) is 0 Å². The van der Waals surface area contributed by atoms with Crippen molar-refractivity contribution in [1.29, 1.82) is 0 Å². The van der Waals surface area contributed by atoms with Crippen LogP contribution in [0.4, 0.5) is 0 Å². The number of fused-ring (bicyclic) bond motifs is 5. The van der Waals surface area contributed by atoms with Crippen LogP contribution in [0.2, 0.25) is 0 Å². The Bertz CT molecular complexity index is 744. The molecule has 3 fully saturated rings. The quantitative estimate of drug-likeness (QED) is 0.396. The lowest BCUT2D eigenvalue weighted by atomic mass is 9.47. The van der Waals surface area contributed by atoms with Gasteiger partial charge in [0.15, 0.2) is 0 Å². The van der Waals surface area contributed by atoms with E-state index in [1.54, 1.807) is 0 Å². The second-order valence-electron chi connectivity index (χ2n) is 13.6. The van der Waals surface area contributed by atoms with Crippen LogP contribution in [0.5, 0.6) is 0 Å². The van der Waals surface area contributed by atoms with Crippen molar-refractivity contribution in [3.63, 3.8) is 0 Å². The summed E-state index contributed by atoms with van der Waals surface area (Å²) < 4.78 is 0. The summed E-state index contributed by atoms with van der Waals surface area (Å²) in [6.07, 6.45) is 20.8. The Morgan fingerprint density at radius 3 is 2.48 bits per heavy atom. The van der Waals surface area contributed by atoms with Crippen LogP contribution >= 0.6 is 0 Å². The van der Waals surface area contributed by atoms with Crippen LogP contribution in [0, 0.1) is 51.8 Å². The van der Waals surface area contributed by atoms with Crippen LogP contribution in [0.15, 0.2) is 36.0 Å². The number of hydrogen-bond acceptors (Lipinski definition) is 0. The van der Waals surface area contributed by atoms with Crippen LogP contribution < -0.4 is 0 Å². The average Bonchev–Trinajstić information content (AvgIpc) is 3.03. The molecule has 0 aromatic rings. The number of rotatable bonds is 4. The van der Waals surface area contributed by atoms with Gasteiger partial charge >= 0.3 is 0 Å².